The van der Waals surface area contributed by atoms with E-state index in [1.54, 1.807) is 9.80 Å². The number of rotatable bonds is 2. The average Bonchev–Trinajstić information content (AvgIpc) is 3.15. The topological polar surface area (TPSA) is 75.6 Å². The molecular weight excluding hydrogens is 413 g/mol. The summed E-state index contributed by atoms with van der Waals surface area (Å²) in [4.78, 5) is 35.1. The van der Waals surface area contributed by atoms with Crippen LogP contribution in [0.3, 0.4) is 0 Å². The summed E-state index contributed by atoms with van der Waals surface area (Å²) in [5.74, 6) is -1.10. The van der Waals surface area contributed by atoms with Crippen LogP contribution in [0.1, 0.15) is 62.0 Å². The molecule has 3 rings (SSSR count). The van der Waals surface area contributed by atoms with E-state index in [1.807, 2.05) is 20.8 Å². The van der Waals surface area contributed by atoms with E-state index < -0.39 is 23.5 Å². The number of carbonyl (C=O) groups excluding carboxylic acids is 2. The Balaban J connectivity index is 1.56. The van der Waals surface area contributed by atoms with Crippen molar-refractivity contribution in [2.45, 2.75) is 58.7 Å². The number of aryl methyl sites for hydroxylation is 1. The maximum Gasteiger partial charge on any atom is 0.451 e. The van der Waals surface area contributed by atoms with Gasteiger partial charge in [0.25, 0.3) is 5.91 Å². The monoisotopic (exact) mass is 442 g/mol. The van der Waals surface area contributed by atoms with Gasteiger partial charge in [-0.15, -0.1) is 0 Å². The molecule has 0 N–H and O–H groups in total. The smallest absolute Gasteiger partial charge is 0.444 e. The SMILES string of the molecule is Cc1cc(C(=O)N2CCC([C@H]3CCN(C(=O)OC(C)(C)C)C3)CC2)nc(C(F)(F)F)n1. The zero-order valence-electron chi connectivity index (χ0n) is 18.3. The highest BCUT2D eigenvalue weighted by atomic mass is 19.4. The van der Waals surface area contributed by atoms with E-state index in [2.05, 4.69) is 9.97 Å². The number of hydrogen-bond donors (Lipinski definition) is 0. The van der Waals surface area contributed by atoms with E-state index in [1.165, 1.54) is 13.0 Å². The molecule has 3 heterocycles. The van der Waals surface area contributed by atoms with Gasteiger partial charge in [0.15, 0.2) is 0 Å². The lowest BCUT2D eigenvalue weighted by molar-refractivity contribution is -0.145. The molecule has 2 aliphatic rings. The Morgan fingerprint density at radius 1 is 1.00 bits per heavy atom. The molecule has 2 amide bonds. The molecule has 0 bridgehead atoms. The molecule has 7 nitrogen and oxygen atoms in total. The van der Waals surface area contributed by atoms with Crippen molar-refractivity contribution in [3.05, 3.63) is 23.3 Å². The lowest BCUT2D eigenvalue weighted by Crippen LogP contribution is -2.41. The van der Waals surface area contributed by atoms with Crippen molar-refractivity contribution in [3.8, 4) is 0 Å². The van der Waals surface area contributed by atoms with E-state index in [0.717, 1.165) is 19.3 Å². The summed E-state index contributed by atoms with van der Waals surface area (Å²) in [6.45, 7) is 9.11. The van der Waals surface area contributed by atoms with Crippen LogP contribution >= 0.6 is 0 Å². The first kappa shape index (κ1) is 23.3. The lowest BCUT2D eigenvalue weighted by atomic mass is 9.83. The van der Waals surface area contributed by atoms with Crippen LogP contribution < -0.4 is 0 Å². The number of halogens is 3. The predicted octanol–water partition coefficient (Wildman–Crippen LogP) is 3.91. The maximum absolute atomic E-state index is 13.0. The Kier molecular flexibility index (Phi) is 6.48. The van der Waals surface area contributed by atoms with Crippen LogP contribution in [-0.4, -0.2) is 63.5 Å². The minimum Gasteiger partial charge on any atom is -0.444 e. The Morgan fingerprint density at radius 3 is 2.16 bits per heavy atom. The Hall–Kier alpha value is -2.39. The lowest BCUT2D eigenvalue weighted by Gasteiger charge is -2.34. The summed E-state index contributed by atoms with van der Waals surface area (Å²) in [7, 11) is 0. The molecule has 1 aromatic rings. The van der Waals surface area contributed by atoms with Crippen LogP contribution in [0.5, 0.6) is 0 Å². The van der Waals surface area contributed by atoms with Crippen molar-refractivity contribution in [1.29, 1.82) is 0 Å². The molecule has 0 radical (unpaired) electrons. The molecular formula is C21H29F3N4O3. The van der Waals surface area contributed by atoms with Crippen LogP contribution in [0.2, 0.25) is 0 Å². The largest absolute Gasteiger partial charge is 0.451 e. The molecule has 0 unspecified atom stereocenters. The summed E-state index contributed by atoms with van der Waals surface area (Å²) < 4.78 is 44.3. The summed E-state index contributed by atoms with van der Waals surface area (Å²) in [6, 6.07) is 1.29. The maximum atomic E-state index is 13.0. The standard InChI is InChI=1S/C21H29F3N4O3/c1-13-11-16(26-18(25-13)21(22,23)24)17(29)27-8-5-14(6-9-27)15-7-10-28(12-15)19(30)31-20(2,3)4/h11,14-15H,5-10,12H2,1-4H3/t15-/m0/s1. The second-order valence-corrected chi connectivity index (χ2v) is 9.32. The first-order chi connectivity index (χ1) is 14.3. The van der Waals surface area contributed by atoms with Crippen LogP contribution in [0.4, 0.5) is 18.0 Å². The molecule has 1 atom stereocenters. The van der Waals surface area contributed by atoms with Gasteiger partial charge in [0, 0.05) is 31.9 Å². The fourth-order valence-corrected chi connectivity index (χ4v) is 4.21. The molecule has 0 spiro atoms. The quantitative estimate of drug-likeness (QED) is 0.694. The number of alkyl halides is 3. The highest BCUT2D eigenvalue weighted by molar-refractivity contribution is 5.92. The van der Waals surface area contributed by atoms with Gasteiger partial charge in [0.2, 0.25) is 5.82 Å². The normalized spacial score (nSPS) is 20.8. The summed E-state index contributed by atoms with van der Waals surface area (Å²) in [6.07, 6.45) is -2.62. The van der Waals surface area contributed by atoms with Gasteiger partial charge in [-0.1, -0.05) is 0 Å². The van der Waals surface area contributed by atoms with Gasteiger partial charge in [0.1, 0.15) is 11.3 Å². The number of carbonyl (C=O) groups is 2. The van der Waals surface area contributed by atoms with Gasteiger partial charge < -0.3 is 14.5 Å². The Morgan fingerprint density at radius 2 is 1.58 bits per heavy atom. The zero-order chi connectivity index (χ0) is 23.0. The van der Waals surface area contributed by atoms with Crippen LogP contribution in [-0.2, 0) is 10.9 Å². The molecule has 10 heteroatoms. The van der Waals surface area contributed by atoms with E-state index in [0.29, 0.717) is 38.0 Å². The van der Waals surface area contributed by atoms with Gasteiger partial charge in [-0.3, -0.25) is 4.79 Å². The number of amides is 2. The molecule has 0 aromatic carbocycles. The van der Waals surface area contributed by atoms with E-state index in [-0.39, 0.29) is 17.5 Å². The fraction of sp³-hybridized carbons (Fsp3) is 0.714. The summed E-state index contributed by atoms with van der Waals surface area (Å²) in [5.41, 5.74) is -0.657. The van der Waals surface area contributed by atoms with E-state index in [4.69, 9.17) is 4.74 Å². The highest BCUT2D eigenvalue weighted by Gasteiger charge is 2.38. The Bertz CT molecular complexity index is 830. The minimum atomic E-state index is -4.70. The minimum absolute atomic E-state index is 0.105. The molecule has 2 aliphatic heterocycles. The van der Waals surface area contributed by atoms with Crippen LogP contribution in [0, 0.1) is 18.8 Å². The first-order valence-electron chi connectivity index (χ1n) is 10.5. The highest BCUT2D eigenvalue weighted by Crippen LogP contribution is 2.33. The van der Waals surface area contributed by atoms with Gasteiger partial charge in [0.05, 0.1) is 0 Å². The molecule has 2 saturated heterocycles. The Labute approximate surface area is 180 Å². The fourth-order valence-electron chi connectivity index (χ4n) is 4.21. The second-order valence-electron chi connectivity index (χ2n) is 9.32. The number of ether oxygens (including phenoxy) is 1. The van der Waals surface area contributed by atoms with Gasteiger partial charge in [-0.05, 0) is 64.9 Å². The van der Waals surface area contributed by atoms with Crippen molar-refractivity contribution in [1.82, 2.24) is 19.8 Å². The molecule has 0 aliphatic carbocycles. The number of aromatic nitrogens is 2. The third kappa shape index (κ3) is 5.86. The molecule has 1 aromatic heterocycles. The van der Waals surface area contributed by atoms with Crippen molar-refractivity contribution >= 4 is 12.0 Å². The van der Waals surface area contributed by atoms with Crippen LogP contribution in [0.15, 0.2) is 6.07 Å². The van der Waals surface area contributed by atoms with Gasteiger partial charge in [-0.2, -0.15) is 13.2 Å². The predicted molar refractivity (Wildman–Crippen MR) is 106 cm³/mol. The number of nitrogens with zero attached hydrogens (tertiary/aromatic N) is 4. The van der Waals surface area contributed by atoms with Crippen LogP contribution in [0.25, 0.3) is 0 Å². The second kappa shape index (κ2) is 8.63. The van der Waals surface area contributed by atoms with Crippen molar-refractivity contribution in [3.63, 3.8) is 0 Å². The zero-order valence-corrected chi connectivity index (χ0v) is 18.3. The third-order valence-electron chi connectivity index (χ3n) is 5.70. The molecule has 31 heavy (non-hydrogen) atoms. The van der Waals surface area contributed by atoms with Crippen molar-refractivity contribution < 1.29 is 27.5 Å². The number of piperidine rings is 1. The molecule has 0 saturated carbocycles. The summed E-state index contributed by atoms with van der Waals surface area (Å²) in [5, 5.41) is 0. The van der Waals surface area contributed by atoms with Crippen molar-refractivity contribution in [2.75, 3.05) is 26.2 Å². The summed E-state index contributed by atoms with van der Waals surface area (Å²) >= 11 is 0. The number of hydrogen-bond acceptors (Lipinski definition) is 5. The first-order valence-corrected chi connectivity index (χ1v) is 10.5. The van der Waals surface area contributed by atoms with Gasteiger partial charge >= 0.3 is 12.3 Å². The molecule has 2 fully saturated rings. The van der Waals surface area contributed by atoms with E-state index >= 15 is 0 Å². The number of likely N-dealkylation sites (tertiary alicyclic amines) is 2. The average molecular weight is 442 g/mol. The molecule has 172 valence electrons. The van der Waals surface area contributed by atoms with E-state index in [9.17, 15) is 22.8 Å². The van der Waals surface area contributed by atoms with Crippen molar-refractivity contribution in [2.24, 2.45) is 11.8 Å². The third-order valence-corrected chi connectivity index (χ3v) is 5.70. The van der Waals surface area contributed by atoms with Gasteiger partial charge in [-0.25, -0.2) is 14.8 Å².